The minimum Gasteiger partial charge on any atom is -0.328 e. The first-order valence-electron chi connectivity index (χ1n) is 6.87. The standard InChI is InChI=1S/C17H13N3O/c21-17(20-9-15-8-18-11-19-16(15)10-20)14-6-5-12-3-1-2-4-13(12)7-14/h1-8,11H,9-10H2. The van der Waals surface area contributed by atoms with Crippen LogP contribution in [0, 0.1) is 0 Å². The van der Waals surface area contributed by atoms with Crippen molar-refractivity contribution in [3.05, 3.63) is 71.8 Å². The number of carbonyl (C=O) groups excluding carboxylic acids is 1. The van der Waals surface area contributed by atoms with Crippen LogP contribution in [0.5, 0.6) is 0 Å². The Kier molecular flexibility index (Phi) is 2.67. The van der Waals surface area contributed by atoms with E-state index in [0.29, 0.717) is 13.1 Å². The van der Waals surface area contributed by atoms with Gasteiger partial charge in [-0.3, -0.25) is 4.79 Å². The van der Waals surface area contributed by atoms with Gasteiger partial charge in [-0.05, 0) is 22.9 Å². The zero-order valence-electron chi connectivity index (χ0n) is 11.4. The second-order valence-corrected chi connectivity index (χ2v) is 5.22. The summed E-state index contributed by atoms with van der Waals surface area (Å²) >= 11 is 0. The highest BCUT2D eigenvalue weighted by atomic mass is 16.2. The molecule has 0 unspecified atom stereocenters. The summed E-state index contributed by atoms with van der Waals surface area (Å²) in [7, 11) is 0. The molecule has 0 radical (unpaired) electrons. The van der Waals surface area contributed by atoms with Crippen molar-refractivity contribution in [2.75, 3.05) is 0 Å². The summed E-state index contributed by atoms with van der Waals surface area (Å²) in [5, 5.41) is 2.23. The normalized spacial score (nSPS) is 13.4. The number of rotatable bonds is 1. The van der Waals surface area contributed by atoms with Crippen LogP contribution in [-0.2, 0) is 13.1 Å². The van der Waals surface area contributed by atoms with Gasteiger partial charge in [-0.15, -0.1) is 0 Å². The number of carbonyl (C=O) groups is 1. The molecule has 0 bridgehead atoms. The molecule has 1 aromatic heterocycles. The topological polar surface area (TPSA) is 46.1 Å². The molecule has 4 rings (SSSR count). The molecule has 0 atom stereocenters. The number of hydrogen-bond donors (Lipinski definition) is 0. The number of hydrogen-bond acceptors (Lipinski definition) is 3. The van der Waals surface area contributed by atoms with Crippen LogP contribution in [0.4, 0.5) is 0 Å². The summed E-state index contributed by atoms with van der Waals surface area (Å²) in [6.45, 7) is 1.14. The van der Waals surface area contributed by atoms with E-state index in [-0.39, 0.29) is 5.91 Å². The highest BCUT2D eigenvalue weighted by molar-refractivity contribution is 5.98. The van der Waals surface area contributed by atoms with E-state index in [0.717, 1.165) is 27.6 Å². The Morgan fingerprint density at radius 2 is 1.90 bits per heavy atom. The third kappa shape index (κ3) is 2.05. The van der Waals surface area contributed by atoms with Crippen LogP contribution in [0.25, 0.3) is 10.8 Å². The van der Waals surface area contributed by atoms with E-state index >= 15 is 0 Å². The molecule has 2 heterocycles. The van der Waals surface area contributed by atoms with E-state index in [1.54, 1.807) is 6.20 Å². The monoisotopic (exact) mass is 275 g/mol. The Bertz CT molecular complexity index is 819. The van der Waals surface area contributed by atoms with Crippen LogP contribution in [-0.4, -0.2) is 20.8 Å². The van der Waals surface area contributed by atoms with Gasteiger partial charge < -0.3 is 4.90 Å². The largest absolute Gasteiger partial charge is 0.328 e. The second-order valence-electron chi connectivity index (χ2n) is 5.22. The van der Waals surface area contributed by atoms with Crippen molar-refractivity contribution in [1.29, 1.82) is 0 Å². The summed E-state index contributed by atoms with van der Waals surface area (Å²) in [5.74, 6) is 0.0405. The van der Waals surface area contributed by atoms with E-state index < -0.39 is 0 Å². The zero-order valence-corrected chi connectivity index (χ0v) is 11.4. The second kappa shape index (κ2) is 4.66. The number of nitrogens with zero attached hydrogens (tertiary/aromatic N) is 3. The molecular weight excluding hydrogens is 262 g/mol. The van der Waals surface area contributed by atoms with E-state index in [1.165, 1.54) is 6.33 Å². The number of benzene rings is 2. The molecule has 0 saturated carbocycles. The van der Waals surface area contributed by atoms with Crippen molar-refractivity contribution in [3.63, 3.8) is 0 Å². The molecule has 4 heteroatoms. The third-order valence-corrected chi connectivity index (χ3v) is 3.87. The fourth-order valence-electron chi connectivity index (χ4n) is 2.75. The Hall–Kier alpha value is -2.75. The molecule has 1 aliphatic rings. The summed E-state index contributed by atoms with van der Waals surface area (Å²) in [6.07, 6.45) is 3.32. The van der Waals surface area contributed by atoms with E-state index in [2.05, 4.69) is 9.97 Å². The maximum Gasteiger partial charge on any atom is 0.254 e. The van der Waals surface area contributed by atoms with Crippen LogP contribution in [0.15, 0.2) is 55.0 Å². The van der Waals surface area contributed by atoms with Crippen molar-refractivity contribution in [2.45, 2.75) is 13.1 Å². The fraction of sp³-hybridized carbons (Fsp3) is 0.118. The van der Waals surface area contributed by atoms with Crippen molar-refractivity contribution in [3.8, 4) is 0 Å². The molecule has 2 aromatic carbocycles. The van der Waals surface area contributed by atoms with Gasteiger partial charge in [-0.25, -0.2) is 9.97 Å². The molecule has 0 fully saturated rings. The molecule has 1 aliphatic heterocycles. The SMILES string of the molecule is O=C(c1ccc2ccccc2c1)N1Cc2cncnc2C1. The van der Waals surface area contributed by atoms with Crippen LogP contribution < -0.4 is 0 Å². The van der Waals surface area contributed by atoms with Gasteiger partial charge in [0.05, 0.1) is 12.2 Å². The molecule has 21 heavy (non-hydrogen) atoms. The van der Waals surface area contributed by atoms with Gasteiger partial charge in [0, 0.05) is 23.9 Å². The maximum atomic E-state index is 12.6. The predicted octanol–water partition coefficient (Wildman–Crippen LogP) is 2.79. The highest BCUT2D eigenvalue weighted by Gasteiger charge is 2.25. The molecular formula is C17H13N3O. The summed E-state index contributed by atoms with van der Waals surface area (Å²) in [4.78, 5) is 22.7. The van der Waals surface area contributed by atoms with Crippen LogP contribution >= 0.6 is 0 Å². The molecule has 0 N–H and O–H groups in total. The Morgan fingerprint density at radius 3 is 2.76 bits per heavy atom. The van der Waals surface area contributed by atoms with Gasteiger partial charge in [-0.1, -0.05) is 30.3 Å². The van der Waals surface area contributed by atoms with Gasteiger partial charge >= 0.3 is 0 Å². The van der Waals surface area contributed by atoms with Gasteiger partial charge in [-0.2, -0.15) is 0 Å². The zero-order chi connectivity index (χ0) is 14.2. The third-order valence-electron chi connectivity index (χ3n) is 3.87. The lowest BCUT2D eigenvalue weighted by Crippen LogP contribution is -2.25. The Morgan fingerprint density at radius 1 is 1.05 bits per heavy atom. The average molecular weight is 275 g/mol. The van der Waals surface area contributed by atoms with E-state index in [9.17, 15) is 4.79 Å². The van der Waals surface area contributed by atoms with Crippen molar-refractivity contribution < 1.29 is 4.79 Å². The Labute approximate surface area is 122 Å². The van der Waals surface area contributed by atoms with Crippen molar-refractivity contribution in [1.82, 2.24) is 14.9 Å². The van der Waals surface area contributed by atoms with Crippen molar-refractivity contribution >= 4 is 16.7 Å². The number of aromatic nitrogens is 2. The molecule has 0 aliphatic carbocycles. The molecule has 4 nitrogen and oxygen atoms in total. The lowest BCUT2D eigenvalue weighted by Gasteiger charge is -2.15. The van der Waals surface area contributed by atoms with Gasteiger partial charge in [0.2, 0.25) is 0 Å². The lowest BCUT2D eigenvalue weighted by atomic mass is 10.1. The van der Waals surface area contributed by atoms with Crippen LogP contribution in [0.2, 0.25) is 0 Å². The number of amides is 1. The van der Waals surface area contributed by atoms with Crippen LogP contribution in [0.1, 0.15) is 21.6 Å². The first kappa shape index (κ1) is 12.0. The molecule has 0 spiro atoms. The van der Waals surface area contributed by atoms with Gasteiger partial charge in [0.1, 0.15) is 6.33 Å². The molecule has 0 saturated heterocycles. The predicted molar refractivity (Wildman–Crippen MR) is 79.6 cm³/mol. The molecule has 3 aromatic rings. The molecule has 1 amide bonds. The Balaban J connectivity index is 1.65. The smallest absolute Gasteiger partial charge is 0.254 e. The first-order chi connectivity index (χ1) is 10.3. The summed E-state index contributed by atoms with van der Waals surface area (Å²) in [5.41, 5.74) is 2.69. The fourth-order valence-corrected chi connectivity index (χ4v) is 2.75. The van der Waals surface area contributed by atoms with Gasteiger partial charge in [0.25, 0.3) is 5.91 Å². The highest BCUT2D eigenvalue weighted by Crippen LogP contribution is 2.23. The van der Waals surface area contributed by atoms with E-state index in [1.807, 2.05) is 47.4 Å². The maximum absolute atomic E-state index is 12.6. The van der Waals surface area contributed by atoms with Gasteiger partial charge in [0.15, 0.2) is 0 Å². The van der Waals surface area contributed by atoms with E-state index in [4.69, 9.17) is 0 Å². The minimum absolute atomic E-state index is 0.0405. The lowest BCUT2D eigenvalue weighted by molar-refractivity contribution is 0.0750. The first-order valence-corrected chi connectivity index (χ1v) is 6.87. The molecule has 102 valence electrons. The van der Waals surface area contributed by atoms with Crippen molar-refractivity contribution in [2.24, 2.45) is 0 Å². The quantitative estimate of drug-likeness (QED) is 0.686. The van der Waals surface area contributed by atoms with Crippen LogP contribution in [0.3, 0.4) is 0 Å². The summed E-state index contributed by atoms with van der Waals surface area (Å²) in [6, 6.07) is 13.9. The summed E-state index contributed by atoms with van der Waals surface area (Å²) < 4.78 is 0. The average Bonchev–Trinajstić information content (AvgIpc) is 2.97. The minimum atomic E-state index is 0.0405. The number of fused-ring (bicyclic) bond motifs is 2.